The molecule has 1 heterocycles. The summed E-state index contributed by atoms with van der Waals surface area (Å²) in [6, 6.07) is 8.58. The quantitative estimate of drug-likeness (QED) is 0.839. The Morgan fingerprint density at radius 1 is 1.25 bits per heavy atom. The molecule has 1 saturated carbocycles. The minimum Gasteiger partial charge on any atom is -0.342 e. The zero-order valence-electron chi connectivity index (χ0n) is 14.8. The van der Waals surface area contributed by atoms with E-state index in [9.17, 15) is 13.2 Å². The fourth-order valence-electron chi connectivity index (χ4n) is 3.86. The molecule has 0 bridgehead atoms. The molecule has 0 aromatic heterocycles. The third-order valence-corrected chi connectivity index (χ3v) is 7.62. The zero-order valence-corrected chi connectivity index (χ0v) is 15.6. The molecule has 1 spiro atoms. The molecule has 0 N–H and O–H groups in total. The molecule has 1 amide bonds. The summed E-state index contributed by atoms with van der Waals surface area (Å²) in [6.45, 7) is 4.15. The molecule has 1 aliphatic heterocycles. The van der Waals surface area contributed by atoms with E-state index in [-0.39, 0.29) is 34.8 Å². The summed E-state index contributed by atoms with van der Waals surface area (Å²) in [5.74, 6) is 0.714. The number of nitrogens with zero attached hydrogens (tertiary/aromatic N) is 1. The van der Waals surface area contributed by atoms with Gasteiger partial charge in [0, 0.05) is 19.0 Å². The number of amides is 1. The molecule has 1 aliphatic carbocycles. The van der Waals surface area contributed by atoms with E-state index in [1.165, 1.54) is 11.1 Å². The Labute approximate surface area is 145 Å². The van der Waals surface area contributed by atoms with Crippen molar-refractivity contribution in [3.8, 4) is 0 Å². The normalized spacial score (nSPS) is 25.2. The standard InChI is InChI=1S/C19H27NO3S/c1-14-4-6-16(7-5-14)12-15(2)20(3)18(21)17-13-19(17)8-10-24(22,23)11-9-19/h4-7,15,17H,8-13H2,1-3H3. The third kappa shape index (κ3) is 3.51. The fraction of sp³-hybridized carbons (Fsp3) is 0.632. The van der Waals surface area contributed by atoms with Crippen LogP contribution >= 0.6 is 0 Å². The van der Waals surface area contributed by atoms with Crippen molar-refractivity contribution in [3.05, 3.63) is 35.4 Å². The van der Waals surface area contributed by atoms with Crippen molar-refractivity contribution in [1.82, 2.24) is 4.90 Å². The van der Waals surface area contributed by atoms with Crippen molar-refractivity contribution in [2.75, 3.05) is 18.6 Å². The summed E-state index contributed by atoms with van der Waals surface area (Å²) in [6.07, 6.45) is 3.03. The lowest BCUT2D eigenvalue weighted by molar-refractivity contribution is -0.134. The van der Waals surface area contributed by atoms with E-state index in [4.69, 9.17) is 0 Å². The first-order valence-electron chi connectivity index (χ1n) is 8.75. The topological polar surface area (TPSA) is 54.5 Å². The molecule has 5 heteroatoms. The smallest absolute Gasteiger partial charge is 0.226 e. The van der Waals surface area contributed by atoms with E-state index in [1.807, 2.05) is 11.9 Å². The van der Waals surface area contributed by atoms with E-state index < -0.39 is 9.84 Å². The maximum Gasteiger partial charge on any atom is 0.226 e. The summed E-state index contributed by atoms with van der Waals surface area (Å²) in [5, 5.41) is 0. The van der Waals surface area contributed by atoms with Gasteiger partial charge in [0.25, 0.3) is 0 Å². The summed E-state index contributed by atoms with van der Waals surface area (Å²) in [4.78, 5) is 14.7. The number of rotatable bonds is 4. The van der Waals surface area contributed by atoms with Crippen LogP contribution in [0.1, 0.15) is 37.3 Å². The summed E-state index contributed by atoms with van der Waals surface area (Å²) in [5.41, 5.74) is 2.45. The average Bonchev–Trinajstić information content (AvgIpc) is 3.26. The van der Waals surface area contributed by atoms with Gasteiger partial charge in [-0.25, -0.2) is 8.42 Å². The monoisotopic (exact) mass is 349 g/mol. The van der Waals surface area contributed by atoms with E-state index in [0.717, 1.165) is 12.8 Å². The van der Waals surface area contributed by atoms with Gasteiger partial charge in [-0.3, -0.25) is 4.79 Å². The predicted molar refractivity (Wildman–Crippen MR) is 95.5 cm³/mol. The Hall–Kier alpha value is -1.36. The lowest BCUT2D eigenvalue weighted by Crippen LogP contribution is -2.39. The first-order chi connectivity index (χ1) is 11.2. The number of benzene rings is 1. The van der Waals surface area contributed by atoms with Gasteiger partial charge in [-0.15, -0.1) is 0 Å². The molecule has 0 radical (unpaired) electrons. The van der Waals surface area contributed by atoms with Gasteiger partial charge in [-0.05, 0) is 50.5 Å². The summed E-state index contributed by atoms with van der Waals surface area (Å²) in [7, 11) is -0.987. The molecule has 2 aliphatic rings. The number of likely N-dealkylation sites (N-methyl/N-ethyl adjacent to an activating group) is 1. The molecular weight excluding hydrogens is 322 g/mol. The number of carbonyl (C=O) groups excluding carboxylic acids is 1. The molecule has 24 heavy (non-hydrogen) atoms. The van der Waals surface area contributed by atoms with Crippen LogP contribution < -0.4 is 0 Å². The lowest BCUT2D eigenvalue weighted by atomic mass is 9.95. The molecule has 3 rings (SSSR count). The van der Waals surface area contributed by atoms with Crippen molar-refractivity contribution in [2.45, 2.75) is 45.6 Å². The van der Waals surface area contributed by atoms with Crippen molar-refractivity contribution in [2.24, 2.45) is 11.3 Å². The molecule has 1 saturated heterocycles. The van der Waals surface area contributed by atoms with Crippen molar-refractivity contribution in [3.63, 3.8) is 0 Å². The highest BCUT2D eigenvalue weighted by Crippen LogP contribution is 2.60. The van der Waals surface area contributed by atoms with Gasteiger partial charge in [-0.1, -0.05) is 29.8 Å². The number of aryl methyl sites for hydroxylation is 1. The van der Waals surface area contributed by atoms with Crippen LogP contribution in [0.2, 0.25) is 0 Å². The van der Waals surface area contributed by atoms with Crippen LogP contribution in [-0.2, 0) is 21.1 Å². The predicted octanol–water partition coefficient (Wildman–Crippen LogP) is 2.60. The van der Waals surface area contributed by atoms with Gasteiger partial charge >= 0.3 is 0 Å². The summed E-state index contributed by atoms with van der Waals surface area (Å²) >= 11 is 0. The Balaban J connectivity index is 1.58. The number of sulfone groups is 1. The second-order valence-corrected chi connectivity index (χ2v) is 10.1. The molecule has 4 nitrogen and oxygen atoms in total. The zero-order chi connectivity index (χ0) is 17.5. The van der Waals surface area contributed by atoms with Crippen LogP contribution in [0.5, 0.6) is 0 Å². The SMILES string of the molecule is Cc1ccc(CC(C)N(C)C(=O)C2CC23CCS(=O)(=O)CC3)cc1. The molecule has 2 unspecified atom stereocenters. The maximum atomic E-state index is 12.8. The number of hydrogen-bond donors (Lipinski definition) is 0. The highest BCUT2D eigenvalue weighted by molar-refractivity contribution is 7.91. The van der Waals surface area contributed by atoms with E-state index >= 15 is 0 Å². The highest BCUT2D eigenvalue weighted by atomic mass is 32.2. The molecule has 1 aromatic rings. The second-order valence-electron chi connectivity index (χ2n) is 7.76. The van der Waals surface area contributed by atoms with E-state index in [2.05, 4.69) is 38.1 Å². The minimum absolute atomic E-state index is 0.0264. The van der Waals surface area contributed by atoms with Crippen LogP contribution in [-0.4, -0.2) is 43.8 Å². The Bertz CT molecular complexity index is 709. The van der Waals surface area contributed by atoms with Crippen LogP contribution in [0.15, 0.2) is 24.3 Å². The van der Waals surface area contributed by atoms with E-state index in [0.29, 0.717) is 12.8 Å². The van der Waals surface area contributed by atoms with Gasteiger partial charge in [0.15, 0.2) is 0 Å². The van der Waals surface area contributed by atoms with Gasteiger partial charge in [-0.2, -0.15) is 0 Å². The molecule has 132 valence electrons. The van der Waals surface area contributed by atoms with Crippen molar-refractivity contribution >= 4 is 15.7 Å². The molecule has 1 aromatic carbocycles. The van der Waals surface area contributed by atoms with Gasteiger partial charge in [0.1, 0.15) is 9.84 Å². The summed E-state index contributed by atoms with van der Waals surface area (Å²) < 4.78 is 23.2. The second kappa shape index (κ2) is 6.17. The molecule has 2 atom stereocenters. The maximum absolute atomic E-state index is 12.8. The Morgan fingerprint density at radius 3 is 2.42 bits per heavy atom. The van der Waals surface area contributed by atoms with Crippen LogP contribution in [0.4, 0.5) is 0 Å². The van der Waals surface area contributed by atoms with Crippen LogP contribution in [0.25, 0.3) is 0 Å². The lowest BCUT2D eigenvalue weighted by Gasteiger charge is -2.28. The average molecular weight is 349 g/mol. The van der Waals surface area contributed by atoms with Crippen molar-refractivity contribution in [1.29, 1.82) is 0 Å². The highest BCUT2D eigenvalue weighted by Gasteiger charge is 2.60. The Kier molecular flexibility index (Phi) is 4.49. The molecular formula is C19H27NO3S. The first kappa shape index (κ1) is 17.5. The number of carbonyl (C=O) groups is 1. The first-order valence-corrected chi connectivity index (χ1v) is 10.6. The van der Waals surface area contributed by atoms with Gasteiger partial charge < -0.3 is 4.90 Å². The largest absolute Gasteiger partial charge is 0.342 e. The minimum atomic E-state index is -2.87. The third-order valence-electron chi connectivity index (χ3n) is 5.97. The van der Waals surface area contributed by atoms with Gasteiger partial charge in [0.05, 0.1) is 11.5 Å². The van der Waals surface area contributed by atoms with Crippen LogP contribution in [0, 0.1) is 18.3 Å². The Morgan fingerprint density at radius 2 is 1.83 bits per heavy atom. The number of hydrogen-bond acceptors (Lipinski definition) is 3. The van der Waals surface area contributed by atoms with E-state index in [1.54, 1.807) is 0 Å². The van der Waals surface area contributed by atoms with Gasteiger partial charge in [0.2, 0.25) is 5.91 Å². The fourth-order valence-corrected chi connectivity index (χ4v) is 5.50. The van der Waals surface area contributed by atoms with Crippen molar-refractivity contribution < 1.29 is 13.2 Å². The molecule has 2 fully saturated rings. The van der Waals surface area contributed by atoms with Crippen LogP contribution in [0.3, 0.4) is 0 Å².